The monoisotopic (exact) mass is 441 g/mol. The van der Waals surface area contributed by atoms with Gasteiger partial charge in [0.05, 0.1) is 18.7 Å². The molecule has 1 unspecified atom stereocenters. The van der Waals surface area contributed by atoms with Crippen LogP contribution in [-0.4, -0.2) is 23.9 Å². The number of ketones is 1. The quantitative estimate of drug-likeness (QED) is 0.324. The number of carbonyl (C=O) groups is 2. The van der Waals surface area contributed by atoms with E-state index in [-0.39, 0.29) is 16.7 Å². The Balaban J connectivity index is 1.90. The van der Waals surface area contributed by atoms with E-state index in [9.17, 15) is 14.7 Å². The van der Waals surface area contributed by atoms with Crippen LogP contribution in [-0.2, 0) is 15.0 Å². The standard InChI is InChI=1S/C28H27NO4/c1-28(2,3)20-12-10-18(11-13-20)24-23(25(30)19-8-6-5-7-9-19)26(31)27(32)29(24)21-14-16-22(33-4)17-15-21/h5-17,24,30H,1-4H3/b25-23-. The van der Waals surface area contributed by atoms with Gasteiger partial charge in [0.25, 0.3) is 11.7 Å². The van der Waals surface area contributed by atoms with Crippen molar-refractivity contribution < 1.29 is 19.4 Å². The van der Waals surface area contributed by atoms with Gasteiger partial charge >= 0.3 is 0 Å². The fourth-order valence-electron chi connectivity index (χ4n) is 4.07. The fourth-order valence-corrected chi connectivity index (χ4v) is 4.07. The molecule has 1 heterocycles. The molecule has 1 atom stereocenters. The van der Waals surface area contributed by atoms with E-state index in [2.05, 4.69) is 20.8 Å². The minimum atomic E-state index is -0.757. The predicted octanol–water partition coefficient (Wildman–Crippen LogP) is 5.62. The maximum absolute atomic E-state index is 13.2. The van der Waals surface area contributed by atoms with Gasteiger partial charge in [-0.1, -0.05) is 75.4 Å². The van der Waals surface area contributed by atoms with Crippen LogP contribution in [0.25, 0.3) is 5.76 Å². The van der Waals surface area contributed by atoms with Crippen LogP contribution < -0.4 is 9.64 Å². The smallest absolute Gasteiger partial charge is 0.300 e. The molecule has 4 rings (SSSR count). The number of hydrogen-bond donors (Lipinski definition) is 1. The molecule has 0 bridgehead atoms. The summed E-state index contributed by atoms with van der Waals surface area (Å²) in [6, 6.07) is 22.9. The van der Waals surface area contributed by atoms with Crippen molar-refractivity contribution in [1.29, 1.82) is 0 Å². The van der Waals surface area contributed by atoms with Gasteiger partial charge in [-0.25, -0.2) is 0 Å². The van der Waals surface area contributed by atoms with Crippen LogP contribution in [0.1, 0.15) is 43.5 Å². The Morgan fingerprint density at radius 2 is 1.48 bits per heavy atom. The van der Waals surface area contributed by atoms with E-state index in [1.54, 1.807) is 55.6 Å². The van der Waals surface area contributed by atoms with E-state index >= 15 is 0 Å². The summed E-state index contributed by atoms with van der Waals surface area (Å²) in [5.41, 5.74) is 2.95. The number of hydrogen-bond acceptors (Lipinski definition) is 4. The normalized spacial score (nSPS) is 17.9. The summed E-state index contributed by atoms with van der Waals surface area (Å²) >= 11 is 0. The first-order chi connectivity index (χ1) is 15.7. The lowest BCUT2D eigenvalue weighted by molar-refractivity contribution is -0.132. The maximum Gasteiger partial charge on any atom is 0.300 e. The largest absolute Gasteiger partial charge is 0.507 e. The highest BCUT2D eigenvalue weighted by Gasteiger charge is 2.47. The summed E-state index contributed by atoms with van der Waals surface area (Å²) in [7, 11) is 1.57. The van der Waals surface area contributed by atoms with Gasteiger partial charge in [0.2, 0.25) is 0 Å². The molecule has 0 aromatic heterocycles. The Kier molecular flexibility index (Phi) is 5.81. The van der Waals surface area contributed by atoms with Gasteiger partial charge < -0.3 is 9.84 Å². The molecule has 1 aliphatic rings. The maximum atomic E-state index is 13.2. The predicted molar refractivity (Wildman–Crippen MR) is 129 cm³/mol. The van der Waals surface area contributed by atoms with Crippen LogP contribution in [0.15, 0.2) is 84.4 Å². The zero-order valence-electron chi connectivity index (χ0n) is 19.2. The average Bonchev–Trinajstić information content (AvgIpc) is 3.09. The molecule has 3 aromatic carbocycles. The molecule has 1 N–H and O–H groups in total. The molecule has 0 aliphatic carbocycles. The SMILES string of the molecule is COc1ccc(N2C(=O)C(=O)/C(=C(\O)c3ccccc3)C2c2ccc(C(C)(C)C)cc2)cc1. The topological polar surface area (TPSA) is 66.8 Å². The highest BCUT2D eigenvalue weighted by atomic mass is 16.5. The molecule has 1 amide bonds. The van der Waals surface area contributed by atoms with Crippen LogP contribution in [0.5, 0.6) is 5.75 Å². The number of aliphatic hydroxyl groups excluding tert-OH is 1. The number of aliphatic hydroxyl groups is 1. The molecule has 1 saturated heterocycles. The summed E-state index contributed by atoms with van der Waals surface area (Å²) in [5.74, 6) is -0.930. The molecular formula is C28H27NO4. The van der Waals surface area contributed by atoms with Crippen LogP contribution in [0, 0.1) is 0 Å². The lowest BCUT2D eigenvalue weighted by Crippen LogP contribution is -2.29. The molecule has 33 heavy (non-hydrogen) atoms. The van der Waals surface area contributed by atoms with E-state index in [4.69, 9.17) is 4.74 Å². The van der Waals surface area contributed by atoms with Gasteiger partial charge in [-0.05, 0) is 40.8 Å². The Morgan fingerprint density at radius 1 is 0.879 bits per heavy atom. The molecule has 0 saturated carbocycles. The second kappa shape index (κ2) is 8.58. The van der Waals surface area contributed by atoms with Crippen molar-refractivity contribution in [3.63, 3.8) is 0 Å². The van der Waals surface area contributed by atoms with Crippen molar-refractivity contribution >= 4 is 23.1 Å². The number of benzene rings is 3. The van der Waals surface area contributed by atoms with Crippen molar-refractivity contribution in [2.45, 2.75) is 32.2 Å². The molecule has 5 heteroatoms. The van der Waals surface area contributed by atoms with E-state index in [0.29, 0.717) is 17.0 Å². The van der Waals surface area contributed by atoms with Gasteiger partial charge in [0.1, 0.15) is 11.5 Å². The summed E-state index contributed by atoms with van der Waals surface area (Å²) in [4.78, 5) is 27.9. The number of carbonyl (C=O) groups excluding carboxylic acids is 2. The van der Waals surface area contributed by atoms with Crippen LogP contribution in [0.2, 0.25) is 0 Å². The number of amides is 1. The van der Waals surface area contributed by atoms with E-state index < -0.39 is 17.7 Å². The number of ether oxygens (including phenoxy) is 1. The number of anilines is 1. The van der Waals surface area contributed by atoms with Gasteiger partial charge in [0.15, 0.2) is 0 Å². The number of Topliss-reactive ketones (excluding diaryl/α,β-unsaturated/α-hetero) is 1. The van der Waals surface area contributed by atoms with Gasteiger partial charge in [-0.3, -0.25) is 14.5 Å². The summed E-state index contributed by atoms with van der Waals surface area (Å²) in [6.45, 7) is 6.38. The van der Waals surface area contributed by atoms with Crippen molar-refractivity contribution in [2.24, 2.45) is 0 Å². The second-order valence-corrected chi connectivity index (χ2v) is 9.11. The highest BCUT2D eigenvalue weighted by molar-refractivity contribution is 6.51. The van der Waals surface area contributed by atoms with Crippen molar-refractivity contribution in [1.82, 2.24) is 0 Å². The minimum absolute atomic E-state index is 0.0413. The average molecular weight is 442 g/mol. The van der Waals surface area contributed by atoms with E-state index in [0.717, 1.165) is 11.1 Å². The van der Waals surface area contributed by atoms with E-state index in [1.807, 2.05) is 30.3 Å². The zero-order valence-corrected chi connectivity index (χ0v) is 19.2. The lowest BCUT2D eigenvalue weighted by Gasteiger charge is -2.26. The Bertz CT molecular complexity index is 1200. The summed E-state index contributed by atoms with van der Waals surface area (Å²) < 4.78 is 5.23. The zero-order chi connectivity index (χ0) is 23.8. The van der Waals surface area contributed by atoms with Crippen molar-refractivity contribution in [2.75, 3.05) is 12.0 Å². The number of rotatable bonds is 4. The second-order valence-electron chi connectivity index (χ2n) is 9.11. The van der Waals surface area contributed by atoms with Crippen molar-refractivity contribution in [3.8, 4) is 5.75 Å². The third-order valence-corrected chi connectivity index (χ3v) is 5.93. The van der Waals surface area contributed by atoms with Crippen LogP contribution >= 0.6 is 0 Å². The molecule has 0 radical (unpaired) electrons. The molecule has 3 aromatic rings. The van der Waals surface area contributed by atoms with Gasteiger partial charge in [0, 0.05) is 11.3 Å². The lowest BCUT2D eigenvalue weighted by atomic mass is 9.85. The number of nitrogens with zero attached hydrogens (tertiary/aromatic N) is 1. The third kappa shape index (κ3) is 4.14. The first-order valence-corrected chi connectivity index (χ1v) is 10.8. The highest BCUT2D eigenvalue weighted by Crippen LogP contribution is 2.42. The van der Waals surface area contributed by atoms with Crippen LogP contribution in [0.3, 0.4) is 0 Å². The minimum Gasteiger partial charge on any atom is -0.507 e. The Hall–Kier alpha value is -3.86. The van der Waals surface area contributed by atoms with Crippen LogP contribution in [0.4, 0.5) is 5.69 Å². The molecule has 5 nitrogen and oxygen atoms in total. The number of methoxy groups -OCH3 is 1. The molecule has 0 spiro atoms. The molecule has 1 fully saturated rings. The summed E-state index contributed by atoms with van der Waals surface area (Å²) in [6.07, 6.45) is 0. The third-order valence-electron chi connectivity index (χ3n) is 5.93. The molecule has 1 aliphatic heterocycles. The molecule has 168 valence electrons. The Labute approximate surface area is 193 Å². The molecular weight excluding hydrogens is 414 g/mol. The fraction of sp³-hybridized carbons (Fsp3) is 0.214. The van der Waals surface area contributed by atoms with Gasteiger partial charge in [-0.15, -0.1) is 0 Å². The first-order valence-electron chi connectivity index (χ1n) is 10.8. The van der Waals surface area contributed by atoms with E-state index in [1.165, 1.54) is 4.90 Å². The first kappa shape index (κ1) is 22.3. The Morgan fingerprint density at radius 3 is 2.03 bits per heavy atom. The van der Waals surface area contributed by atoms with Gasteiger partial charge in [-0.2, -0.15) is 0 Å². The summed E-state index contributed by atoms with van der Waals surface area (Å²) in [5, 5.41) is 11.1. The van der Waals surface area contributed by atoms with Crippen molar-refractivity contribution in [3.05, 3.63) is 101 Å².